The fourth-order valence-electron chi connectivity index (χ4n) is 3.33. The summed E-state index contributed by atoms with van der Waals surface area (Å²) < 4.78 is 40.1. The summed E-state index contributed by atoms with van der Waals surface area (Å²) in [4.78, 5) is 24.2. The predicted octanol–water partition coefficient (Wildman–Crippen LogP) is 5.24. The molecule has 178 valence electrons. The summed E-state index contributed by atoms with van der Waals surface area (Å²) >= 11 is 1.20. The van der Waals surface area contributed by atoms with E-state index in [0.29, 0.717) is 10.8 Å². The van der Waals surface area contributed by atoms with Crippen LogP contribution in [0.25, 0.3) is 5.69 Å². The molecule has 2 N–H and O–H groups in total. The Morgan fingerprint density at radius 2 is 1.76 bits per heavy atom. The maximum absolute atomic E-state index is 12.8. The number of hydrogen-bond donors (Lipinski definition) is 2. The first-order valence-corrected chi connectivity index (χ1v) is 11.5. The summed E-state index contributed by atoms with van der Waals surface area (Å²) in [5.41, 5.74) is 0.879. The van der Waals surface area contributed by atoms with Gasteiger partial charge in [-0.2, -0.15) is 13.2 Å². The number of thioether (sulfide) groups is 1. The molecule has 1 heterocycles. The number of nitrogens with one attached hydrogen (secondary N) is 2. The van der Waals surface area contributed by atoms with Crippen LogP contribution in [-0.4, -0.2) is 31.8 Å². The van der Waals surface area contributed by atoms with Gasteiger partial charge in [-0.15, -0.1) is 10.2 Å². The third-order valence-electron chi connectivity index (χ3n) is 5.16. The number of aromatic nitrogens is 3. The molecule has 34 heavy (non-hydrogen) atoms. The Labute approximate surface area is 198 Å². The second-order valence-corrected chi connectivity index (χ2v) is 9.31. The fourth-order valence-corrected chi connectivity index (χ4v) is 4.20. The lowest BCUT2D eigenvalue weighted by molar-refractivity contribution is -0.137. The van der Waals surface area contributed by atoms with E-state index in [4.69, 9.17) is 0 Å². The smallest absolute Gasteiger partial charge is 0.326 e. The maximum atomic E-state index is 12.8. The highest BCUT2D eigenvalue weighted by Gasteiger charge is 2.32. The van der Waals surface area contributed by atoms with Crippen molar-refractivity contribution < 1.29 is 22.8 Å². The van der Waals surface area contributed by atoms with E-state index in [2.05, 4.69) is 20.8 Å². The average molecular weight is 490 g/mol. The van der Waals surface area contributed by atoms with E-state index in [9.17, 15) is 22.8 Å². The highest BCUT2D eigenvalue weighted by atomic mass is 32.2. The minimum absolute atomic E-state index is 0.188. The van der Waals surface area contributed by atoms with Crippen LogP contribution in [0.4, 0.5) is 24.5 Å². The number of benzene rings is 2. The molecule has 2 amide bonds. The standard InChI is InChI=1S/C23H22F3N5O2S/c1-13(21(33)28-17-10-8-16(9-11-17)23(24,25)26)34-22-30-29-20(15-6-7-15)31(22)19-5-3-4-18(12-19)27-14(2)32/h3-5,8-13,15H,6-7H2,1-2H3,(H,27,32)(H,28,33). The minimum Gasteiger partial charge on any atom is -0.326 e. The highest BCUT2D eigenvalue weighted by Crippen LogP contribution is 2.41. The Balaban J connectivity index is 1.52. The number of amides is 2. The number of anilines is 2. The monoisotopic (exact) mass is 489 g/mol. The van der Waals surface area contributed by atoms with E-state index in [1.54, 1.807) is 13.0 Å². The Morgan fingerprint density at radius 3 is 2.38 bits per heavy atom. The van der Waals surface area contributed by atoms with E-state index in [0.717, 1.165) is 36.5 Å². The first kappa shape index (κ1) is 23.8. The molecule has 0 spiro atoms. The summed E-state index contributed by atoms with van der Waals surface area (Å²) in [5, 5.41) is 13.9. The molecular formula is C23H22F3N5O2S. The van der Waals surface area contributed by atoms with Crippen LogP contribution in [0.3, 0.4) is 0 Å². The van der Waals surface area contributed by atoms with Gasteiger partial charge in [0.25, 0.3) is 0 Å². The second-order valence-electron chi connectivity index (χ2n) is 8.01. The molecular weight excluding hydrogens is 467 g/mol. The lowest BCUT2D eigenvalue weighted by Gasteiger charge is -2.15. The molecule has 1 aromatic heterocycles. The van der Waals surface area contributed by atoms with E-state index >= 15 is 0 Å². The first-order chi connectivity index (χ1) is 16.1. The number of carbonyl (C=O) groups excluding carboxylic acids is 2. The SMILES string of the molecule is CC(=O)Nc1cccc(-n2c(SC(C)C(=O)Nc3ccc(C(F)(F)F)cc3)nnc2C2CC2)c1. The largest absolute Gasteiger partial charge is 0.416 e. The van der Waals surface area contributed by atoms with Crippen molar-refractivity contribution in [1.29, 1.82) is 0 Å². The van der Waals surface area contributed by atoms with E-state index in [1.165, 1.54) is 30.8 Å². The van der Waals surface area contributed by atoms with Crippen molar-refractivity contribution in [1.82, 2.24) is 14.8 Å². The van der Waals surface area contributed by atoms with Crippen LogP contribution in [-0.2, 0) is 15.8 Å². The highest BCUT2D eigenvalue weighted by molar-refractivity contribution is 8.00. The topological polar surface area (TPSA) is 88.9 Å². The number of alkyl halides is 3. The molecule has 4 rings (SSSR count). The Kier molecular flexibility index (Phi) is 6.65. The molecule has 0 radical (unpaired) electrons. The van der Waals surface area contributed by atoms with Crippen LogP contribution in [0.15, 0.2) is 53.7 Å². The zero-order chi connectivity index (χ0) is 24.5. The number of nitrogens with zero attached hydrogens (tertiary/aromatic N) is 3. The molecule has 7 nitrogen and oxygen atoms in total. The van der Waals surface area contributed by atoms with Crippen molar-refractivity contribution in [2.75, 3.05) is 10.6 Å². The van der Waals surface area contributed by atoms with Gasteiger partial charge in [0.15, 0.2) is 5.16 Å². The molecule has 3 aromatic rings. The van der Waals surface area contributed by atoms with E-state index < -0.39 is 17.0 Å². The molecule has 0 saturated heterocycles. The maximum Gasteiger partial charge on any atom is 0.416 e. The van der Waals surface area contributed by atoms with Gasteiger partial charge >= 0.3 is 6.18 Å². The summed E-state index contributed by atoms with van der Waals surface area (Å²) in [6, 6.07) is 11.6. The van der Waals surface area contributed by atoms with Gasteiger partial charge in [-0.25, -0.2) is 0 Å². The summed E-state index contributed by atoms with van der Waals surface area (Å²) in [6.07, 6.45) is -2.44. The van der Waals surface area contributed by atoms with Crippen molar-refractivity contribution in [2.24, 2.45) is 0 Å². The molecule has 1 atom stereocenters. The van der Waals surface area contributed by atoms with Gasteiger partial charge in [0.2, 0.25) is 11.8 Å². The number of rotatable bonds is 7. The van der Waals surface area contributed by atoms with E-state index in [1.807, 2.05) is 22.8 Å². The third-order valence-corrected chi connectivity index (χ3v) is 6.20. The molecule has 1 fully saturated rings. The number of carbonyl (C=O) groups is 2. The van der Waals surface area contributed by atoms with Gasteiger partial charge < -0.3 is 10.6 Å². The fraction of sp³-hybridized carbons (Fsp3) is 0.304. The van der Waals surface area contributed by atoms with Crippen LogP contribution in [0.2, 0.25) is 0 Å². The lowest BCUT2D eigenvalue weighted by Crippen LogP contribution is -2.23. The Morgan fingerprint density at radius 1 is 1.06 bits per heavy atom. The van der Waals surface area contributed by atoms with Gasteiger partial charge in [-0.05, 0) is 62.2 Å². The van der Waals surface area contributed by atoms with Crippen LogP contribution in [0.5, 0.6) is 0 Å². The molecule has 1 aliphatic carbocycles. The van der Waals surface area contributed by atoms with Gasteiger partial charge in [0, 0.05) is 24.2 Å². The van der Waals surface area contributed by atoms with Gasteiger partial charge in [-0.1, -0.05) is 17.8 Å². The van der Waals surface area contributed by atoms with Crippen LogP contribution in [0.1, 0.15) is 44.0 Å². The molecule has 0 aliphatic heterocycles. The van der Waals surface area contributed by atoms with Crippen LogP contribution >= 0.6 is 11.8 Å². The van der Waals surface area contributed by atoms with Crippen molar-refractivity contribution in [2.45, 2.75) is 49.2 Å². The summed E-state index contributed by atoms with van der Waals surface area (Å²) in [6.45, 7) is 3.12. The van der Waals surface area contributed by atoms with Crippen LogP contribution < -0.4 is 10.6 Å². The normalized spacial score (nSPS) is 14.5. The van der Waals surface area contributed by atoms with Crippen molar-refractivity contribution >= 4 is 35.0 Å². The Bertz CT molecular complexity index is 1210. The summed E-state index contributed by atoms with van der Waals surface area (Å²) in [5.74, 6) is 0.506. The number of halogens is 3. The van der Waals surface area contributed by atoms with Gasteiger partial charge in [-0.3, -0.25) is 14.2 Å². The number of hydrogen-bond acceptors (Lipinski definition) is 5. The molecule has 2 aromatic carbocycles. The molecule has 1 saturated carbocycles. The van der Waals surface area contributed by atoms with Crippen molar-refractivity contribution in [3.63, 3.8) is 0 Å². The van der Waals surface area contributed by atoms with Gasteiger partial charge in [0.05, 0.1) is 16.5 Å². The first-order valence-electron chi connectivity index (χ1n) is 10.6. The predicted molar refractivity (Wildman–Crippen MR) is 123 cm³/mol. The van der Waals surface area contributed by atoms with E-state index in [-0.39, 0.29) is 23.4 Å². The summed E-state index contributed by atoms with van der Waals surface area (Å²) in [7, 11) is 0. The Hall–Kier alpha value is -3.34. The van der Waals surface area contributed by atoms with Crippen molar-refractivity contribution in [3.8, 4) is 5.69 Å². The van der Waals surface area contributed by atoms with Gasteiger partial charge in [0.1, 0.15) is 5.82 Å². The third kappa shape index (κ3) is 5.58. The zero-order valence-corrected chi connectivity index (χ0v) is 19.2. The molecule has 0 bridgehead atoms. The lowest BCUT2D eigenvalue weighted by atomic mass is 10.2. The zero-order valence-electron chi connectivity index (χ0n) is 18.4. The molecule has 1 aliphatic rings. The molecule has 11 heteroatoms. The quantitative estimate of drug-likeness (QED) is 0.443. The van der Waals surface area contributed by atoms with Crippen LogP contribution in [0, 0.1) is 0 Å². The average Bonchev–Trinajstić information content (AvgIpc) is 3.53. The molecule has 1 unspecified atom stereocenters. The second kappa shape index (κ2) is 9.49. The van der Waals surface area contributed by atoms with Crippen molar-refractivity contribution in [3.05, 3.63) is 59.9 Å². The minimum atomic E-state index is -4.44.